The van der Waals surface area contributed by atoms with E-state index < -0.39 is 5.92 Å². The van der Waals surface area contributed by atoms with Crippen LogP contribution in [0.3, 0.4) is 0 Å². The summed E-state index contributed by atoms with van der Waals surface area (Å²) in [4.78, 5) is 18.8. The third-order valence-electron chi connectivity index (χ3n) is 4.95. The number of hydrogen-bond donors (Lipinski definition) is 1. The van der Waals surface area contributed by atoms with E-state index in [-0.39, 0.29) is 5.91 Å². The average Bonchev–Trinajstić information content (AvgIpc) is 3.19. The van der Waals surface area contributed by atoms with Gasteiger partial charge in [0.2, 0.25) is 5.91 Å². The standard InChI is InChI=1S/C24H18N2O2S/c27-23(26-24-25-15-17(29-24)14-16-8-2-1-3-9-16)22-18-10-4-6-12-20(18)28-21-13-7-5-11-19(21)22/h1-13,15,22H,14H2,(H,25,26,27). The van der Waals surface area contributed by atoms with E-state index in [1.165, 1.54) is 16.9 Å². The molecule has 0 bridgehead atoms. The fourth-order valence-corrected chi connectivity index (χ4v) is 4.46. The number of nitrogens with one attached hydrogen (secondary N) is 1. The highest BCUT2D eigenvalue weighted by atomic mass is 32.1. The summed E-state index contributed by atoms with van der Waals surface area (Å²) in [6, 6.07) is 25.6. The van der Waals surface area contributed by atoms with E-state index in [2.05, 4.69) is 22.4 Å². The summed E-state index contributed by atoms with van der Waals surface area (Å²) in [6.45, 7) is 0. The summed E-state index contributed by atoms with van der Waals surface area (Å²) in [7, 11) is 0. The molecule has 2 heterocycles. The molecule has 1 aliphatic rings. The van der Waals surface area contributed by atoms with E-state index in [4.69, 9.17) is 4.74 Å². The minimum atomic E-state index is -0.433. The molecule has 4 aromatic rings. The molecule has 29 heavy (non-hydrogen) atoms. The van der Waals surface area contributed by atoms with Crippen LogP contribution in [0, 0.1) is 0 Å². The van der Waals surface area contributed by atoms with Gasteiger partial charge < -0.3 is 10.1 Å². The Balaban J connectivity index is 1.40. The first-order chi connectivity index (χ1) is 14.3. The number of aromatic nitrogens is 1. The van der Waals surface area contributed by atoms with Gasteiger partial charge in [-0.25, -0.2) is 4.98 Å². The van der Waals surface area contributed by atoms with Gasteiger partial charge in [0.15, 0.2) is 5.13 Å². The molecule has 1 aromatic heterocycles. The Morgan fingerprint density at radius 3 is 2.21 bits per heavy atom. The van der Waals surface area contributed by atoms with Gasteiger partial charge in [-0.05, 0) is 17.7 Å². The number of benzene rings is 3. The minimum Gasteiger partial charge on any atom is -0.457 e. The van der Waals surface area contributed by atoms with Crippen molar-refractivity contribution >= 4 is 22.4 Å². The molecule has 1 N–H and O–H groups in total. The van der Waals surface area contributed by atoms with Crippen LogP contribution in [0.4, 0.5) is 5.13 Å². The molecule has 1 amide bonds. The van der Waals surface area contributed by atoms with Gasteiger partial charge >= 0.3 is 0 Å². The number of amides is 1. The van der Waals surface area contributed by atoms with Crippen LogP contribution >= 0.6 is 11.3 Å². The number of carbonyl (C=O) groups is 1. The molecule has 0 saturated carbocycles. The van der Waals surface area contributed by atoms with E-state index in [9.17, 15) is 4.79 Å². The first-order valence-corrected chi connectivity index (χ1v) is 10.2. The minimum absolute atomic E-state index is 0.103. The van der Waals surface area contributed by atoms with Crippen molar-refractivity contribution in [3.63, 3.8) is 0 Å². The highest BCUT2D eigenvalue weighted by Gasteiger charge is 2.32. The summed E-state index contributed by atoms with van der Waals surface area (Å²) in [5, 5.41) is 3.63. The number of rotatable bonds is 4. The van der Waals surface area contributed by atoms with Crippen LogP contribution in [0.15, 0.2) is 85.1 Å². The summed E-state index contributed by atoms with van der Waals surface area (Å²) < 4.78 is 5.99. The maximum absolute atomic E-state index is 13.3. The molecule has 0 radical (unpaired) electrons. The predicted octanol–water partition coefficient (Wildman–Crippen LogP) is 5.61. The number of carbonyl (C=O) groups excluding carboxylic acids is 1. The summed E-state index contributed by atoms with van der Waals surface area (Å²) in [5.41, 5.74) is 2.95. The van der Waals surface area contributed by atoms with Crippen molar-refractivity contribution in [2.75, 3.05) is 5.32 Å². The second kappa shape index (κ2) is 7.53. The van der Waals surface area contributed by atoms with E-state index in [0.717, 1.165) is 33.9 Å². The van der Waals surface area contributed by atoms with E-state index in [1.54, 1.807) is 0 Å². The molecule has 0 spiro atoms. The lowest BCUT2D eigenvalue weighted by Crippen LogP contribution is -2.24. The van der Waals surface area contributed by atoms with Crippen molar-refractivity contribution in [1.29, 1.82) is 0 Å². The molecule has 0 saturated heterocycles. The molecule has 5 rings (SSSR count). The van der Waals surface area contributed by atoms with Crippen LogP contribution in [-0.2, 0) is 11.2 Å². The highest BCUT2D eigenvalue weighted by molar-refractivity contribution is 7.15. The molecule has 0 fully saturated rings. The molecule has 3 aromatic carbocycles. The zero-order valence-corrected chi connectivity index (χ0v) is 16.4. The van der Waals surface area contributed by atoms with Gasteiger partial charge in [-0.2, -0.15) is 0 Å². The van der Waals surface area contributed by atoms with Crippen LogP contribution in [0.1, 0.15) is 27.5 Å². The van der Waals surface area contributed by atoms with Crippen LogP contribution in [0.2, 0.25) is 0 Å². The number of nitrogens with zero attached hydrogens (tertiary/aromatic N) is 1. The summed E-state index contributed by atoms with van der Waals surface area (Å²) in [5.74, 6) is 0.900. The average molecular weight is 398 g/mol. The molecule has 0 aliphatic carbocycles. The first-order valence-electron chi connectivity index (χ1n) is 9.43. The van der Waals surface area contributed by atoms with Crippen LogP contribution in [0.25, 0.3) is 0 Å². The third-order valence-corrected chi connectivity index (χ3v) is 5.86. The Hall–Kier alpha value is -3.44. The molecule has 0 atom stereocenters. The number of para-hydroxylation sites is 2. The van der Waals surface area contributed by atoms with Crippen molar-refractivity contribution < 1.29 is 9.53 Å². The maximum atomic E-state index is 13.3. The van der Waals surface area contributed by atoms with E-state index in [0.29, 0.717) is 5.13 Å². The predicted molar refractivity (Wildman–Crippen MR) is 115 cm³/mol. The maximum Gasteiger partial charge on any atom is 0.238 e. The Morgan fingerprint density at radius 2 is 1.52 bits per heavy atom. The van der Waals surface area contributed by atoms with Gasteiger partial charge in [0.25, 0.3) is 0 Å². The SMILES string of the molecule is O=C(Nc1ncc(Cc2ccccc2)s1)C1c2ccccc2Oc2ccccc21. The number of hydrogen-bond acceptors (Lipinski definition) is 4. The van der Waals surface area contributed by atoms with Crippen molar-refractivity contribution in [3.05, 3.63) is 107 Å². The smallest absolute Gasteiger partial charge is 0.238 e. The topological polar surface area (TPSA) is 51.2 Å². The molecule has 142 valence electrons. The van der Waals surface area contributed by atoms with Crippen molar-refractivity contribution in [1.82, 2.24) is 4.98 Å². The van der Waals surface area contributed by atoms with Crippen molar-refractivity contribution in [2.45, 2.75) is 12.3 Å². The van der Waals surface area contributed by atoms with Crippen LogP contribution in [-0.4, -0.2) is 10.9 Å². The molecule has 4 nitrogen and oxygen atoms in total. The molecular weight excluding hydrogens is 380 g/mol. The normalized spacial score (nSPS) is 12.6. The second-order valence-corrected chi connectivity index (χ2v) is 8.01. The Kier molecular flexibility index (Phi) is 4.58. The summed E-state index contributed by atoms with van der Waals surface area (Å²) >= 11 is 1.51. The van der Waals surface area contributed by atoms with Crippen molar-refractivity contribution in [2.24, 2.45) is 0 Å². The van der Waals surface area contributed by atoms with Crippen LogP contribution < -0.4 is 10.1 Å². The number of thiazole rings is 1. The quantitative estimate of drug-likeness (QED) is 0.486. The molecule has 1 aliphatic heterocycles. The van der Waals surface area contributed by atoms with E-state index >= 15 is 0 Å². The largest absolute Gasteiger partial charge is 0.457 e. The Bertz CT molecular complexity index is 1120. The summed E-state index contributed by atoms with van der Waals surface area (Å²) in [6.07, 6.45) is 2.64. The van der Waals surface area contributed by atoms with Gasteiger partial charge in [0, 0.05) is 28.6 Å². The lowest BCUT2D eigenvalue weighted by Gasteiger charge is -2.27. The fraction of sp³-hybridized carbons (Fsp3) is 0.0833. The molecule has 0 unspecified atom stereocenters. The monoisotopic (exact) mass is 398 g/mol. The van der Waals surface area contributed by atoms with Gasteiger partial charge in [0.05, 0.1) is 5.92 Å². The zero-order chi connectivity index (χ0) is 19.6. The van der Waals surface area contributed by atoms with Gasteiger partial charge in [-0.3, -0.25) is 4.79 Å². The first kappa shape index (κ1) is 17.6. The Morgan fingerprint density at radius 1 is 0.897 bits per heavy atom. The van der Waals surface area contributed by atoms with Crippen molar-refractivity contribution in [3.8, 4) is 11.5 Å². The van der Waals surface area contributed by atoms with Gasteiger partial charge in [-0.1, -0.05) is 66.7 Å². The second-order valence-electron chi connectivity index (χ2n) is 6.89. The fourth-order valence-electron chi connectivity index (χ4n) is 3.61. The highest BCUT2D eigenvalue weighted by Crippen LogP contribution is 2.44. The zero-order valence-electron chi connectivity index (χ0n) is 15.5. The Labute approximate surface area is 172 Å². The molecule has 5 heteroatoms. The van der Waals surface area contributed by atoms with Gasteiger partial charge in [0.1, 0.15) is 11.5 Å². The molecular formula is C24H18N2O2S. The van der Waals surface area contributed by atoms with E-state index in [1.807, 2.05) is 72.9 Å². The number of anilines is 1. The number of ether oxygens (including phenoxy) is 1. The number of fused-ring (bicyclic) bond motifs is 2. The van der Waals surface area contributed by atoms with Crippen LogP contribution in [0.5, 0.6) is 11.5 Å². The lowest BCUT2D eigenvalue weighted by atomic mass is 9.87. The third kappa shape index (κ3) is 3.52. The lowest BCUT2D eigenvalue weighted by molar-refractivity contribution is -0.116. The van der Waals surface area contributed by atoms with Gasteiger partial charge in [-0.15, -0.1) is 11.3 Å².